The number of thioether (sulfide) groups is 1. The fraction of sp³-hybridized carbons (Fsp3) is 0.154. The first-order chi connectivity index (χ1) is 16.8. The molecule has 0 aliphatic carbocycles. The minimum atomic E-state index is -3.19. The van der Waals surface area contributed by atoms with Crippen molar-refractivity contribution in [2.75, 3.05) is 11.5 Å². The fourth-order valence-electron chi connectivity index (χ4n) is 3.62. The third-order valence-electron chi connectivity index (χ3n) is 5.37. The van der Waals surface area contributed by atoms with Crippen molar-refractivity contribution in [1.29, 1.82) is 0 Å². The van der Waals surface area contributed by atoms with Crippen molar-refractivity contribution in [1.82, 2.24) is 10.6 Å². The van der Waals surface area contributed by atoms with Crippen LogP contribution in [0.5, 0.6) is 0 Å². The van der Waals surface area contributed by atoms with Crippen molar-refractivity contribution in [3.63, 3.8) is 0 Å². The van der Waals surface area contributed by atoms with Crippen molar-refractivity contribution in [2.24, 2.45) is 0 Å². The summed E-state index contributed by atoms with van der Waals surface area (Å²) < 4.78 is 23.9. The summed E-state index contributed by atoms with van der Waals surface area (Å²) in [4.78, 5) is 27.9. The van der Waals surface area contributed by atoms with Gasteiger partial charge in [-0.25, -0.2) is 8.42 Å². The Labute approximate surface area is 213 Å². The summed E-state index contributed by atoms with van der Waals surface area (Å²) in [7, 11) is -3.19. The van der Waals surface area contributed by atoms with E-state index in [-0.39, 0.29) is 17.2 Å². The predicted molar refractivity (Wildman–Crippen MR) is 140 cm³/mol. The topological polar surface area (TPSA) is 92.3 Å². The molecule has 6 nitrogen and oxygen atoms in total. The van der Waals surface area contributed by atoms with E-state index in [2.05, 4.69) is 10.6 Å². The van der Waals surface area contributed by atoms with Gasteiger partial charge >= 0.3 is 0 Å². The van der Waals surface area contributed by atoms with E-state index >= 15 is 0 Å². The molecule has 1 heterocycles. The first-order valence-corrected chi connectivity index (χ1v) is 13.9. The van der Waals surface area contributed by atoms with Crippen LogP contribution in [0.4, 0.5) is 0 Å². The van der Waals surface area contributed by atoms with Crippen molar-refractivity contribution in [3.8, 4) is 0 Å². The molecular formula is C26H23ClN2O4S2. The molecule has 0 radical (unpaired) electrons. The van der Waals surface area contributed by atoms with Gasteiger partial charge in [0.25, 0.3) is 11.8 Å². The molecule has 1 fully saturated rings. The molecule has 1 aliphatic rings. The lowest BCUT2D eigenvalue weighted by Gasteiger charge is -2.19. The van der Waals surface area contributed by atoms with Crippen LogP contribution in [-0.2, 0) is 14.6 Å². The number of nitrogens with one attached hydrogen (secondary N) is 2. The van der Waals surface area contributed by atoms with Crippen LogP contribution in [0, 0.1) is 0 Å². The highest BCUT2D eigenvalue weighted by atomic mass is 35.5. The second kappa shape index (κ2) is 11.1. The van der Waals surface area contributed by atoms with Gasteiger partial charge in [0.15, 0.2) is 9.84 Å². The zero-order chi connectivity index (χ0) is 24.8. The Bertz CT molecular complexity index is 1340. The Morgan fingerprint density at radius 1 is 0.857 bits per heavy atom. The third-order valence-corrected chi connectivity index (χ3v) is 8.54. The second-order valence-corrected chi connectivity index (χ2v) is 11.8. The summed E-state index contributed by atoms with van der Waals surface area (Å²) in [5.74, 6) is -1.08. The molecule has 0 spiro atoms. The maximum Gasteiger partial charge on any atom is 0.269 e. The van der Waals surface area contributed by atoms with Crippen LogP contribution in [0.3, 0.4) is 0 Å². The average Bonchev–Trinajstić information content (AvgIpc) is 3.21. The van der Waals surface area contributed by atoms with E-state index in [0.717, 1.165) is 10.5 Å². The van der Waals surface area contributed by atoms with Gasteiger partial charge in [0, 0.05) is 26.4 Å². The van der Waals surface area contributed by atoms with E-state index in [9.17, 15) is 18.0 Å². The van der Waals surface area contributed by atoms with E-state index in [1.54, 1.807) is 42.5 Å². The standard InChI is InChI=1S/C26H23ClN2O4S2/c27-20-11-13-22(14-12-20)34-24(18-7-3-1-4-8-18)23(29-25(30)19-9-5-2-6-10-19)26(31)28-21-15-16-35(32,33)17-21/h1-14,21H,15-17H2,(H,28,31)(H,29,30)/b24-23-/t21-/m1/s1. The van der Waals surface area contributed by atoms with Crippen LogP contribution in [0.25, 0.3) is 4.91 Å². The number of halogens is 1. The van der Waals surface area contributed by atoms with E-state index in [0.29, 0.717) is 21.9 Å². The molecule has 2 N–H and O–H groups in total. The summed E-state index contributed by atoms with van der Waals surface area (Å²) in [5, 5.41) is 6.18. The van der Waals surface area contributed by atoms with Crippen molar-refractivity contribution < 1.29 is 18.0 Å². The first-order valence-electron chi connectivity index (χ1n) is 10.9. The zero-order valence-electron chi connectivity index (χ0n) is 18.6. The summed E-state index contributed by atoms with van der Waals surface area (Å²) >= 11 is 7.35. The van der Waals surface area contributed by atoms with E-state index in [1.807, 2.05) is 42.5 Å². The van der Waals surface area contributed by atoms with E-state index in [4.69, 9.17) is 11.6 Å². The Hall–Kier alpha value is -3.07. The fourth-order valence-corrected chi connectivity index (χ4v) is 6.43. The quantitative estimate of drug-likeness (QED) is 0.348. The van der Waals surface area contributed by atoms with Crippen LogP contribution < -0.4 is 10.6 Å². The van der Waals surface area contributed by atoms with Gasteiger partial charge < -0.3 is 10.6 Å². The number of hydrogen-bond donors (Lipinski definition) is 2. The molecule has 0 saturated carbocycles. The monoisotopic (exact) mass is 526 g/mol. The number of hydrogen-bond acceptors (Lipinski definition) is 5. The first kappa shape index (κ1) is 25.0. The molecule has 180 valence electrons. The maximum atomic E-state index is 13.5. The summed E-state index contributed by atoms with van der Waals surface area (Å²) in [6, 6.07) is 24.5. The van der Waals surface area contributed by atoms with Crippen LogP contribution in [0.15, 0.2) is 95.5 Å². The van der Waals surface area contributed by atoms with Gasteiger partial charge in [-0.05, 0) is 48.4 Å². The Morgan fingerprint density at radius 2 is 1.46 bits per heavy atom. The number of benzene rings is 3. The molecule has 1 saturated heterocycles. The van der Waals surface area contributed by atoms with Crippen molar-refractivity contribution >= 4 is 49.9 Å². The number of amides is 2. The molecule has 1 atom stereocenters. The summed E-state index contributed by atoms with van der Waals surface area (Å²) in [6.45, 7) is 0. The Balaban J connectivity index is 1.76. The molecule has 0 aromatic heterocycles. The van der Waals surface area contributed by atoms with Gasteiger partial charge in [-0.2, -0.15) is 0 Å². The molecular weight excluding hydrogens is 504 g/mol. The van der Waals surface area contributed by atoms with E-state index < -0.39 is 27.7 Å². The van der Waals surface area contributed by atoms with Crippen LogP contribution in [0.2, 0.25) is 5.02 Å². The Morgan fingerprint density at radius 3 is 2.03 bits per heavy atom. The highest BCUT2D eigenvalue weighted by Gasteiger charge is 2.31. The van der Waals surface area contributed by atoms with Gasteiger partial charge in [-0.1, -0.05) is 71.9 Å². The molecule has 0 unspecified atom stereocenters. The molecule has 4 rings (SSSR count). The normalized spacial score (nSPS) is 17.3. The van der Waals surface area contributed by atoms with Gasteiger partial charge in [-0.3, -0.25) is 9.59 Å². The number of sulfone groups is 1. The molecule has 3 aromatic carbocycles. The van der Waals surface area contributed by atoms with Crippen LogP contribution in [0.1, 0.15) is 22.3 Å². The lowest BCUT2D eigenvalue weighted by atomic mass is 10.1. The largest absolute Gasteiger partial charge is 0.347 e. The number of carbonyl (C=O) groups is 2. The van der Waals surface area contributed by atoms with Gasteiger partial charge in [0.1, 0.15) is 5.70 Å². The van der Waals surface area contributed by atoms with Gasteiger partial charge in [-0.15, -0.1) is 0 Å². The van der Waals surface area contributed by atoms with Crippen molar-refractivity contribution in [2.45, 2.75) is 17.4 Å². The molecule has 3 aromatic rings. The number of carbonyl (C=O) groups excluding carboxylic acids is 2. The summed E-state index contributed by atoms with van der Waals surface area (Å²) in [5.41, 5.74) is 1.17. The molecule has 2 amide bonds. The molecule has 35 heavy (non-hydrogen) atoms. The summed E-state index contributed by atoms with van der Waals surface area (Å²) in [6.07, 6.45) is 0.332. The van der Waals surface area contributed by atoms with E-state index in [1.165, 1.54) is 11.8 Å². The highest BCUT2D eigenvalue weighted by Crippen LogP contribution is 2.37. The zero-order valence-corrected chi connectivity index (χ0v) is 21.0. The van der Waals surface area contributed by atoms with Crippen molar-refractivity contribution in [3.05, 3.63) is 107 Å². The minimum absolute atomic E-state index is 0.0262. The highest BCUT2D eigenvalue weighted by molar-refractivity contribution is 8.08. The van der Waals surface area contributed by atoms with Crippen LogP contribution >= 0.6 is 23.4 Å². The lowest BCUT2D eigenvalue weighted by molar-refractivity contribution is -0.118. The predicted octanol–water partition coefficient (Wildman–Crippen LogP) is 4.53. The van der Waals surface area contributed by atoms with Crippen LogP contribution in [-0.4, -0.2) is 37.8 Å². The van der Waals surface area contributed by atoms with Gasteiger partial charge in [0.05, 0.1) is 11.5 Å². The lowest BCUT2D eigenvalue weighted by Crippen LogP contribution is -2.41. The molecule has 9 heteroatoms. The minimum Gasteiger partial charge on any atom is -0.347 e. The molecule has 0 bridgehead atoms. The number of rotatable bonds is 7. The third kappa shape index (κ3) is 6.75. The second-order valence-electron chi connectivity index (χ2n) is 8.02. The average molecular weight is 527 g/mol. The van der Waals surface area contributed by atoms with Gasteiger partial charge in [0.2, 0.25) is 0 Å². The smallest absolute Gasteiger partial charge is 0.269 e. The maximum absolute atomic E-state index is 13.5. The molecule has 1 aliphatic heterocycles. The Kier molecular flexibility index (Phi) is 7.95. The SMILES string of the molecule is O=C(N[C@@H]1CCS(=O)(=O)C1)/C(NC(=O)c1ccccc1)=C(/Sc1ccc(Cl)cc1)c1ccccc1.